The number of rotatable bonds is 2. The fourth-order valence-electron chi connectivity index (χ4n) is 2.19. The van der Waals surface area contributed by atoms with Gasteiger partial charge in [0.25, 0.3) is 0 Å². The standard InChI is InChI=1S/C12H6N3O2.3CH3.Sn/c16-10-8-4-1-2-5-9(8)11(17)15(10)12-13-6-3-7-14-12;;;;/h1-2,4-7H;3*1H3;. The van der Waals surface area contributed by atoms with Crippen molar-refractivity contribution in [3.8, 4) is 0 Å². The van der Waals surface area contributed by atoms with Crippen molar-refractivity contribution in [2.75, 3.05) is 4.90 Å². The van der Waals surface area contributed by atoms with Gasteiger partial charge in [0, 0.05) is 0 Å². The summed E-state index contributed by atoms with van der Waals surface area (Å²) in [5, 5.41) is 0. The van der Waals surface area contributed by atoms with Crippen LogP contribution in [0, 0.1) is 0 Å². The van der Waals surface area contributed by atoms with Gasteiger partial charge in [-0.2, -0.15) is 0 Å². The molecule has 1 aliphatic rings. The molecule has 0 bridgehead atoms. The number of amides is 2. The van der Waals surface area contributed by atoms with Crippen LogP contribution in [-0.4, -0.2) is 40.2 Å². The predicted octanol–water partition coefficient (Wildman–Crippen LogP) is 1.82. The van der Waals surface area contributed by atoms with Gasteiger partial charge in [-0.25, -0.2) is 0 Å². The van der Waals surface area contributed by atoms with E-state index >= 15 is 0 Å². The van der Waals surface area contributed by atoms with Gasteiger partial charge in [-0.1, -0.05) is 0 Å². The summed E-state index contributed by atoms with van der Waals surface area (Å²) in [6, 6.07) is 6.78. The van der Waals surface area contributed by atoms with Crippen LogP contribution in [0.1, 0.15) is 20.7 Å². The third-order valence-electron chi connectivity index (χ3n) is 3.50. The number of aromatic nitrogens is 2. The molecule has 0 atom stereocenters. The zero-order chi connectivity index (χ0) is 15.2. The number of nitrogens with zero attached hydrogens (tertiary/aromatic N) is 3. The molecule has 0 fully saturated rings. The number of carbonyl (C=O) groups excluding carboxylic acids is 2. The number of anilines is 1. The Kier molecular flexibility index (Phi) is 3.31. The molecule has 0 unspecified atom stereocenters. The van der Waals surface area contributed by atoms with Gasteiger partial charge in [-0.05, 0) is 0 Å². The number of hydrogen-bond acceptors (Lipinski definition) is 4. The molecule has 0 radical (unpaired) electrons. The van der Waals surface area contributed by atoms with Crippen LogP contribution in [-0.2, 0) is 0 Å². The molecule has 3 rings (SSSR count). The number of imide groups is 1. The Balaban J connectivity index is 2.00. The Morgan fingerprint density at radius 3 is 1.81 bits per heavy atom. The number of hydrogen-bond donors (Lipinski definition) is 0. The monoisotopic (exact) mass is 389 g/mol. The molecule has 2 aromatic rings. The van der Waals surface area contributed by atoms with Gasteiger partial charge in [0.2, 0.25) is 0 Å². The molecule has 0 N–H and O–H groups in total. The van der Waals surface area contributed by atoms with Gasteiger partial charge in [0.1, 0.15) is 0 Å². The normalized spacial score (nSPS) is 14.5. The van der Waals surface area contributed by atoms with E-state index < -0.39 is 18.4 Å². The predicted molar refractivity (Wildman–Crippen MR) is 82.6 cm³/mol. The van der Waals surface area contributed by atoms with Crippen LogP contribution in [0.15, 0.2) is 36.7 Å². The van der Waals surface area contributed by atoms with E-state index in [1.807, 2.05) is 0 Å². The van der Waals surface area contributed by atoms with E-state index in [4.69, 9.17) is 0 Å². The van der Waals surface area contributed by atoms with E-state index in [9.17, 15) is 9.59 Å². The second-order valence-corrected chi connectivity index (χ2v) is 20.5. The van der Waals surface area contributed by atoms with Crippen LogP contribution in [0.4, 0.5) is 5.95 Å². The summed E-state index contributed by atoms with van der Waals surface area (Å²) in [6.45, 7) is 0. The van der Waals surface area contributed by atoms with Gasteiger partial charge in [-0.15, -0.1) is 0 Å². The maximum absolute atomic E-state index is 12.3. The van der Waals surface area contributed by atoms with Crippen LogP contribution in [0.2, 0.25) is 14.8 Å². The fraction of sp³-hybridized carbons (Fsp3) is 0.200. The molecule has 1 aromatic heterocycles. The molecule has 0 spiro atoms. The van der Waals surface area contributed by atoms with E-state index in [1.54, 1.807) is 36.7 Å². The van der Waals surface area contributed by atoms with Crippen molar-refractivity contribution >= 4 is 39.7 Å². The molecule has 5 nitrogen and oxygen atoms in total. The first kappa shape index (κ1) is 14.2. The molecule has 1 aliphatic heterocycles. The molecule has 106 valence electrons. The molecule has 0 aliphatic carbocycles. The average molecular weight is 388 g/mol. The van der Waals surface area contributed by atoms with E-state index in [2.05, 4.69) is 24.8 Å². The molecule has 0 saturated heterocycles. The number of fused-ring (bicyclic) bond motifs is 1. The quantitative estimate of drug-likeness (QED) is 0.582. The zero-order valence-corrected chi connectivity index (χ0v) is 15.0. The minimum atomic E-state index is -2.24. The summed E-state index contributed by atoms with van der Waals surface area (Å²) in [6.07, 6.45) is 3.50. The van der Waals surface area contributed by atoms with Gasteiger partial charge >= 0.3 is 127 Å². The molecule has 6 heteroatoms. The minimum absolute atomic E-state index is 0.153. The van der Waals surface area contributed by atoms with Gasteiger partial charge in [0.05, 0.1) is 0 Å². The Bertz CT molecular complexity index is 700. The molecule has 2 heterocycles. The van der Waals surface area contributed by atoms with Crippen molar-refractivity contribution < 1.29 is 9.59 Å². The first-order chi connectivity index (χ1) is 9.89. The van der Waals surface area contributed by atoms with E-state index in [-0.39, 0.29) is 17.8 Å². The molecular formula is C15H15N3O2Sn. The van der Waals surface area contributed by atoms with Gasteiger partial charge < -0.3 is 0 Å². The van der Waals surface area contributed by atoms with Crippen molar-refractivity contribution in [2.24, 2.45) is 0 Å². The van der Waals surface area contributed by atoms with Gasteiger partial charge in [0.15, 0.2) is 0 Å². The average Bonchev–Trinajstić information content (AvgIpc) is 2.71. The molecule has 1 aromatic carbocycles. The summed E-state index contributed by atoms with van der Waals surface area (Å²) in [5.74, 6) is -0.564. The molecule has 21 heavy (non-hydrogen) atoms. The Morgan fingerprint density at radius 2 is 1.38 bits per heavy atom. The van der Waals surface area contributed by atoms with Gasteiger partial charge in [-0.3, -0.25) is 0 Å². The Labute approximate surface area is 126 Å². The fourth-order valence-corrected chi connectivity index (χ4v) is 4.77. The topological polar surface area (TPSA) is 63.2 Å². The van der Waals surface area contributed by atoms with Crippen molar-refractivity contribution in [1.29, 1.82) is 0 Å². The Morgan fingerprint density at radius 1 is 0.905 bits per heavy atom. The van der Waals surface area contributed by atoms with Crippen molar-refractivity contribution in [3.63, 3.8) is 0 Å². The van der Waals surface area contributed by atoms with E-state index in [1.165, 1.54) is 0 Å². The van der Waals surface area contributed by atoms with Crippen molar-refractivity contribution in [3.05, 3.63) is 47.8 Å². The zero-order valence-electron chi connectivity index (χ0n) is 12.1. The number of benzene rings is 1. The van der Waals surface area contributed by atoms with E-state index in [0.717, 1.165) is 8.48 Å². The second kappa shape index (κ2) is 4.91. The van der Waals surface area contributed by atoms with Crippen LogP contribution in [0.25, 0.3) is 0 Å². The van der Waals surface area contributed by atoms with E-state index in [0.29, 0.717) is 11.1 Å². The number of carbonyl (C=O) groups is 2. The first-order valence-corrected chi connectivity index (χ1v) is 16.7. The molecule has 2 amide bonds. The summed E-state index contributed by atoms with van der Waals surface area (Å²) in [4.78, 5) is 41.0. The Hall–Kier alpha value is -1.76. The second-order valence-electron chi connectivity index (χ2n) is 6.01. The van der Waals surface area contributed by atoms with Crippen LogP contribution < -0.4 is 8.48 Å². The first-order valence-electron chi connectivity index (χ1n) is 6.70. The van der Waals surface area contributed by atoms with Crippen LogP contribution >= 0.6 is 0 Å². The third-order valence-corrected chi connectivity index (χ3v) is 9.18. The SMILES string of the molecule is [CH3][Sn]([CH3])([CH3])[c]1cnc(N2C(=O)c3ccccc3C2=O)nc1. The van der Waals surface area contributed by atoms with Crippen molar-refractivity contribution in [2.45, 2.75) is 14.8 Å². The molecule has 0 saturated carbocycles. The van der Waals surface area contributed by atoms with Crippen LogP contribution in [0.3, 0.4) is 0 Å². The summed E-state index contributed by atoms with van der Waals surface area (Å²) in [5.41, 5.74) is 0.815. The van der Waals surface area contributed by atoms with Crippen LogP contribution in [0.5, 0.6) is 0 Å². The maximum atomic E-state index is 12.3. The summed E-state index contributed by atoms with van der Waals surface area (Å²) in [7, 11) is 0. The summed E-state index contributed by atoms with van der Waals surface area (Å²) >= 11 is -2.24. The van der Waals surface area contributed by atoms with Crippen molar-refractivity contribution in [1.82, 2.24) is 9.97 Å². The third kappa shape index (κ3) is 2.35. The molecular weight excluding hydrogens is 373 g/mol. The summed E-state index contributed by atoms with van der Waals surface area (Å²) < 4.78 is 1.16.